The van der Waals surface area contributed by atoms with Crippen molar-refractivity contribution in [2.75, 3.05) is 5.32 Å². The van der Waals surface area contributed by atoms with Crippen LogP contribution in [0.1, 0.15) is 22.3 Å². The third kappa shape index (κ3) is 7.66. The number of benzene rings is 3. The van der Waals surface area contributed by atoms with Gasteiger partial charge in [0.1, 0.15) is 5.75 Å². The summed E-state index contributed by atoms with van der Waals surface area (Å²) in [5.41, 5.74) is 1.87. The van der Waals surface area contributed by atoms with Gasteiger partial charge in [-0.2, -0.15) is 13.2 Å². The molecule has 0 spiro atoms. The van der Waals surface area contributed by atoms with E-state index in [9.17, 15) is 26.3 Å². The van der Waals surface area contributed by atoms with Gasteiger partial charge in [0, 0.05) is 27.9 Å². The van der Waals surface area contributed by atoms with Crippen molar-refractivity contribution in [1.82, 2.24) is 0 Å². The van der Waals surface area contributed by atoms with Gasteiger partial charge < -0.3 is 4.74 Å². The molecule has 0 unspecified atom stereocenters. The van der Waals surface area contributed by atoms with E-state index < -0.39 is 12.7 Å². The molecule has 0 amide bonds. The molecule has 3 aromatic carbocycles. The van der Waals surface area contributed by atoms with Crippen LogP contribution in [-0.2, 0) is 0 Å². The smallest absolute Gasteiger partial charge is 0.406 e. The van der Waals surface area contributed by atoms with Crippen molar-refractivity contribution >= 4 is 5.69 Å². The minimum atomic E-state index is -4.78. The van der Waals surface area contributed by atoms with Gasteiger partial charge in [0.15, 0.2) is 0 Å². The van der Waals surface area contributed by atoms with Gasteiger partial charge in [-0.05, 0) is 60.7 Å². The van der Waals surface area contributed by atoms with Crippen molar-refractivity contribution in [3.05, 3.63) is 95.1 Å². The Hall–Kier alpha value is -4.04. The number of halogens is 6. The molecule has 1 N–H and O–H groups in total. The van der Waals surface area contributed by atoms with E-state index in [-0.39, 0.29) is 11.4 Å². The molecule has 0 saturated heterocycles. The van der Waals surface area contributed by atoms with Gasteiger partial charge in [0.2, 0.25) is 0 Å². The van der Waals surface area contributed by atoms with Crippen molar-refractivity contribution in [2.45, 2.75) is 12.7 Å². The lowest BCUT2D eigenvalue weighted by atomic mass is 10.1. The quantitative estimate of drug-likeness (QED) is 0.283. The van der Waals surface area contributed by atoms with Crippen LogP contribution in [0, 0.1) is 23.7 Å². The molecule has 0 aliphatic heterocycles. The first-order valence-electron chi connectivity index (χ1n) is 9.01. The summed E-state index contributed by atoms with van der Waals surface area (Å²) in [5, 5.41) is 1.42. The zero-order chi connectivity index (χ0) is 23.2. The average Bonchev–Trinajstić information content (AvgIpc) is 2.69. The van der Waals surface area contributed by atoms with Crippen molar-refractivity contribution in [1.29, 1.82) is 0 Å². The highest BCUT2D eigenvalue weighted by Gasteiger charge is 2.31. The fourth-order valence-electron chi connectivity index (χ4n) is 2.53. The summed E-state index contributed by atoms with van der Waals surface area (Å²) < 4.78 is 78.0. The maximum atomic E-state index is 12.4. The topological polar surface area (TPSA) is 21.3 Å². The second kappa shape index (κ2) is 9.40. The van der Waals surface area contributed by atoms with Crippen molar-refractivity contribution in [3.63, 3.8) is 0 Å². The van der Waals surface area contributed by atoms with Crippen molar-refractivity contribution in [3.8, 4) is 29.4 Å². The molecule has 0 fully saturated rings. The highest BCUT2D eigenvalue weighted by atomic mass is 19.4. The molecule has 0 aromatic heterocycles. The predicted molar refractivity (Wildman–Crippen MR) is 108 cm³/mol. The summed E-state index contributed by atoms with van der Waals surface area (Å²) in [7, 11) is 0. The van der Waals surface area contributed by atoms with Gasteiger partial charge in [-0.1, -0.05) is 35.8 Å². The van der Waals surface area contributed by atoms with Crippen LogP contribution < -0.4 is 10.1 Å². The molecular weight excluding hydrogens is 432 g/mol. The lowest BCUT2D eigenvalue weighted by Crippen LogP contribution is -2.20. The van der Waals surface area contributed by atoms with Crippen LogP contribution >= 0.6 is 0 Å². The SMILES string of the molecule is FC(F)(F)Nc1cccc(C#Cc2ccc(C#Cc3cccc(OC(F)(F)F)c3)cc2)c1. The maximum Gasteiger partial charge on any atom is 0.573 e. The molecule has 0 radical (unpaired) electrons. The van der Waals surface area contributed by atoms with E-state index in [0.717, 1.165) is 0 Å². The molecule has 0 aliphatic carbocycles. The van der Waals surface area contributed by atoms with E-state index in [1.807, 2.05) is 0 Å². The highest BCUT2D eigenvalue weighted by molar-refractivity contribution is 5.53. The molecule has 3 rings (SSSR count). The van der Waals surface area contributed by atoms with Crippen LogP contribution in [0.2, 0.25) is 0 Å². The summed E-state index contributed by atoms with van der Waals surface area (Å²) in [6.07, 6.45) is -9.31. The number of hydrogen-bond donors (Lipinski definition) is 1. The predicted octanol–water partition coefficient (Wildman–Crippen LogP) is 6.32. The van der Waals surface area contributed by atoms with Gasteiger partial charge in [-0.3, -0.25) is 5.32 Å². The Bertz CT molecular complexity index is 1110. The summed E-state index contributed by atoms with van der Waals surface area (Å²) in [4.78, 5) is 0. The molecular formula is C24H13F6NO. The normalized spacial score (nSPS) is 10.9. The number of hydrogen-bond acceptors (Lipinski definition) is 2. The summed E-state index contributed by atoms with van der Waals surface area (Å²) in [5.74, 6) is 10.9. The molecule has 8 heteroatoms. The van der Waals surface area contributed by atoms with Gasteiger partial charge in [-0.25, -0.2) is 0 Å². The summed E-state index contributed by atoms with van der Waals surface area (Å²) in [6.45, 7) is 0. The Labute approximate surface area is 179 Å². The van der Waals surface area contributed by atoms with E-state index >= 15 is 0 Å². The average molecular weight is 445 g/mol. The largest absolute Gasteiger partial charge is 0.573 e. The minimum Gasteiger partial charge on any atom is -0.406 e. The van der Waals surface area contributed by atoms with Crippen LogP contribution in [0.5, 0.6) is 5.75 Å². The van der Waals surface area contributed by atoms with Crippen LogP contribution in [-0.4, -0.2) is 12.7 Å². The molecule has 3 aromatic rings. The molecule has 0 aliphatic rings. The number of anilines is 1. The van der Waals surface area contributed by atoms with Gasteiger partial charge in [0.25, 0.3) is 0 Å². The van der Waals surface area contributed by atoms with E-state index in [1.165, 1.54) is 41.7 Å². The number of ether oxygens (including phenoxy) is 1. The van der Waals surface area contributed by atoms with Crippen LogP contribution in [0.3, 0.4) is 0 Å². The fraction of sp³-hybridized carbons (Fsp3) is 0.0833. The van der Waals surface area contributed by atoms with E-state index in [1.54, 1.807) is 36.4 Å². The van der Waals surface area contributed by atoms with E-state index in [4.69, 9.17) is 0 Å². The van der Waals surface area contributed by atoms with Crippen LogP contribution in [0.15, 0.2) is 72.8 Å². The first-order valence-corrected chi connectivity index (χ1v) is 9.01. The van der Waals surface area contributed by atoms with E-state index in [2.05, 4.69) is 28.4 Å². The Morgan fingerprint density at radius 1 is 0.594 bits per heavy atom. The Morgan fingerprint density at radius 3 is 1.62 bits per heavy atom. The third-order valence-electron chi connectivity index (χ3n) is 3.80. The monoisotopic (exact) mass is 445 g/mol. The lowest BCUT2D eigenvalue weighted by Gasteiger charge is -2.09. The Morgan fingerprint density at radius 2 is 1.09 bits per heavy atom. The first-order chi connectivity index (χ1) is 15.1. The molecule has 0 heterocycles. The molecule has 0 atom stereocenters. The van der Waals surface area contributed by atoms with Gasteiger partial charge in [-0.15, -0.1) is 13.2 Å². The van der Waals surface area contributed by atoms with Crippen molar-refractivity contribution < 1.29 is 31.1 Å². The van der Waals surface area contributed by atoms with Crippen molar-refractivity contribution in [2.24, 2.45) is 0 Å². The lowest BCUT2D eigenvalue weighted by molar-refractivity contribution is -0.274. The second-order valence-corrected chi connectivity index (χ2v) is 6.36. The Kier molecular flexibility index (Phi) is 6.65. The number of alkyl halides is 6. The van der Waals surface area contributed by atoms with Crippen LogP contribution in [0.4, 0.5) is 32.0 Å². The molecule has 162 valence electrons. The van der Waals surface area contributed by atoms with Gasteiger partial charge >= 0.3 is 12.7 Å². The third-order valence-corrected chi connectivity index (χ3v) is 3.80. The Balaban J connectivity index is 1.69. The molecule has 0 saturated carbocycles. The molecule has 2 nitrogen and oxygen atoms in total. The molecule has 32 heavy (non-hydrogen) atoms. The number of nitrogens with one attached hydrogen (secondary N) is 1. The summed E-state index contributed by atoms with van der Waals surface area (Å²) in [6, 6.07) is 17.7. The zero-order valence-electron chi connectivity index (χ0n) is 16.1. The summed E-state index contributed by atoms with van der Waals surface area (Å²) >= 11 is 0. The molecule has 0 bridgehead atoms. The minimum absolute atomic E-state index is 0.111. The fourth-order valence-corrected chi connectivity index (χ4v) is 2.53. The van der Waals surface area contributed by atoms with Crippen LogP contribution in [0.25, 0.3) is 0 Å². The standard InChI is InChI=1S/C24H13F6NO/c25-23(26,27)31-21-5-1-3-19(15-21)13-11-17-7-9-18(10-8-17)12-14-20-4-2-6-22(16-20)32-24(28,29)30/h1-10,15-16,31H. The highest BCUT2D eigenvalue weighted by Crippen LogP contribution is 2.23. The zero-order valence-corrected chi connectivity index (χ0v) is 16.1. The maximum absolute atomic E-state index is 12.4. The van der Waals surface area contributed by atoms with E-state index in [0.29, 0.717) is 22.3 Å². The number of rotatable bonds is 2. The first kappa shape index (κ1) is 22.6. The second-order valence-electron chi connectivity index (χ2n) is 6.36. The van der Waals surface area contributed by atoms with Gasteiger partial charge in [0.05, 0.1) is 0 Å².